The van der Waals surface area contributed by atoms with Gasteiger partial charge in [-0.05, 0) is 64.0 Å². The van der Waals surface area contributed by atoms with Crippen LogP contribution in [0.15, 0.2) is 40.7 Å². The van der Waals surface area contributed by atoms with Crippen molar-refractivity contribution in [2.45, 2.75) is 50.9 Å². The van der Waals surface area contributed by atoms with E-state index < -0.39 is 12.0 Å². The summed E-state index contributed by atoms with van der Waals surface area (Å²) in [7, 11) is 0. The van der Waals surface area contributed by atoms with Gasteiger partial charge in [0, 0.05) is 17.1 Å². The van der Waals surface area contributed by atoms with Crippen molar-refractivity contribution in [3.05, 3.63) is 47.2 Å². The molecule has 1 aromatic carbocycles. The van der Waals surface area contributed by atoms with Crippen LogP contribution in [0.1, 0.15) is 38.9 Å². The van der Waals surface area contributed by atoms with Crippen molar-refractivity contribution < 1.29 is 18.7 Å². The SMILES string of the molecule is CCOC(=O)C1=C(CSc2nnc(CN3CCCCC3)n2-c2ccc(F)cc2)NC(=O)NC1C. The normalized spacial score (nSPS) is 19.0. The Labute approximate surface area is 202 Å². The van der Waals surface area contributed by atoms with Crippen molar-refractivity contribution in [1.82, 2.24) is 30.3 Å². The van der Waals surface area contributed by atoms with E-state index in [1.54, 1.807) is 26.0 Å². The fourth-order valence-corrected chi connectivity index (χ4v) is 5.13. The first-order valence-electron chi connectivity index (χ1n) is 11.5. The smallest absolute Gasteiger partial charge is 0.337 e. The topological polar surface area (TPSA) is 101 Å². The van der Waals surface area contributed by atoms with Gasteiger partial charge in [-0.3, -0.25) is 9.47 Å². The van der Waals surface area contributed by atoms with Crippen molar-refractivity contribution in [2.75, 3.05) is 25.4 Å². The van der Waals surface area contributed by atoms with E-state index >= 15 is 0 Å². The fraction of sp³-hybridized carbons (Fsp3) is 0.478. The van der Waals surface area contributed by atoms with Gasteiger partial charge in [-0.25, -0.2) is 14.0 Å². The summed E-state index contributed by atoms with van der Waals surface area (Å²) in [4.78, 5) is 26.9. The van der Waals surface area contributed by atoms with E-state index in [4.69, 9.17) is 4.74 Å². The van der Waals surface area contributed by atoms with Crippen molar-refractivity contribution in [3.8, 4) is 5.69 Å². The summed E-state index contributed by atoms with van der Waals surface area (Å²) in [5.74, 6) is 0.260. The number of amides is 2. The molecule has 0 aliphatic carbocycles. The Hall–Kier alpha value is -2.92. The Morgan fingerprint density at radius 3 is 2.65 bits per heavy atom. The number of halogens is 1. The van der Waals surface area contributed by atoms with Crippen LogP contribution in [0.5, 0.6) is 0 Å². The summed E-state index contributed by atoms with van der Waals surface area (Å²) in [6.45, 7) is 6.37. The zero-order chi connectivity index (χ0) is 24.1. The average molecular weight is 489 g/mol. The Morgan fingerprint density at radius 2 is 1.94 bits per heavy atom. The number of carbonyl (C=O) groups excluding carboxylic acids is 2. The van der Waals surface area contributed by atoms with Crippen LogP contribution in [-0.4, -0.2) is 63.2 Å². The van der Waals surface area contributed by atoms with E-state index in [0.717, 1.165) is 37.4 Å². The van der Waals surface area contributed by atoms with Crippen LogP contribution in [0.4, 0.5) is 9.18 Å². The number of carbonyl (C=O) groups is 2. The third kappa shape index (κ3) is 5.58. The van der Waals surface area contributed by atoms with E-state index in [0.29, 0.717) is 23.0 Å². The monoisotopic (exact) mass is 488 g/mol. The van der Waals surface area contributed by atoms with Crippen molar-refractivity contribution in [3.63, 3.8) is 0 Å². The molecule has 2 aromatic rings. The van der Waals surface area contributed by atoms with Crippen LogP contribution in [0.3, 0.4) is 0 Å². The molecule has 11 heteroatoms. The Balaban J connectivity index is 1.62. The molecule has 2 aliphatic rings. The number of urea groups is 1. The van der Waals surface area contributed by atoms with Gasteiger partial charge in [0.25, 0.3) is 0 Å². The van der Waals surface area contributed by atoms with E-state index in [1.807, 2.05) is 4.57 Å². The van der Waals surface area contributed by atoms with E-state index in [1.165, 1.54) is 30.3 Å². The molecule has 0 spiro atoms. The highest BCUT2D eigenvalue weighted by Gasteiger charge is 2.30. The molecule has 9 nitrogen and oxygen atoms in total. The summed E-state index contributed by atoms with van der Waals surface area (Å²) in [5, 5.41) is 14.9. The van der Waals surface area contributed by atoms with Crippen LogP contribution in [0, 0.1) is 5.82 Å². The standard InChI is InChI=1S/C23H29FN6O3S/c1-3-33-21(31)20-15(2)25-22(32)26-18(20)14-34-23-28-27-19(13-29-11-5-4-6-12-29)30(23)17-9-7-16(24)8-10-17/h7-10,15H,3-6,11-14H2,1-2H3,(H2,25,26,32). The summed E-state index contributed by atoms with van der Waals surface area (Å²) in [5.41, 5.74) is 1.62. The number of hydrogen-bond donors (Lipinski definition) is 2. The number of benzene rings is 1. The minimum Gasteiger partial charge on any atom is -0.463 e. The molecule has 4 rings (SSSR count). The Morgan fingerprint density at radius 1 is 1.21 bits per heavy atom. The molecule has 0 saturated carbocycles. The Bertz CT molecular complexity index is 1070. The number of esters is 1. The number of nitrogens with zero attached hydrogens (tertiary/aromatic N) is 4. The quantitative estimate of drug-likeness (QED) is 0.435. The molecule has 34 heavy (non-hydrogen) atoms. The maximum Gasteiger partial charge on any atom is 0.337 e. The van der Waals surface area contributed by atoms with Crippen molar-refractivity contribution in [2.24, 2.45) is 0 Å². The van der Waals surface area contributed by atoms with Gasteiger partial charge in [-0.2, -0.15) is 0 Å². The minimum atomic E-state index is -0.479. The summed E-state index contributed by atoms with van der Waals surface area (Å²) in [6, 6.07) is 5.35. The molecular weight excluding hydrogens is 459 g/mol. The molecule has 0 radical (unpaired) electrons. The molecule has 1 atom stereocenters. The molecule has 182 valence electrons. The van der Waals surface area contributed by atoms with Crippen LogP contribution in [-0.2, 0) is 16.1 Å². The molecule has 3 heterocycles. The zero-order valence-corrected chi connectivity index (χ0v) is 20.2. The number of nitrogens with one attached hydrogen (secondary N) is 2. The van der Waals surface area contributed by atoms with Gasteiger partial charge >= 0.3 is 12.0 Å². The minimum absolute atomic E-state index is 0.238. The van der Waals surface area contributed by atoms with Gasteiger partial charge < -0.3 is 15.4 Å². The first-order valence-corrected chi connectivity index (χ1v) is 12.5. The summed E-state index contributed by atoms with van der Waals surface area (Å²) >= 11 is 1.35. The summed E-state index contributed by atoms with van der Waals surface area (Å²) < 4.78 is 20.7. The Kier molecular flexibility index (Phi) is 7.84. The molecule has 1 fully saturated rings. The van der Waals surface area contributed by atoms with Gasteiger partial charge in [0.1, 0.15) is 5.82 Å². The van der Waals surface area contributed by atoms with Gasteiger partial charge in [-0.1, -0.05) is 18.2 Å². The molecule has 1 unspecified atom stereocenters. The first kappa shape index (κ1) is 24.2. The molecule has 0 bridgehead atoms. The zero-order valence-electron chi connectivity index (χ0n) is 19.3. The van der Waals surface area contributed by atoms with Crippen molar-refractivity contribution >= 4 is 23.8 Å². The van der Waals surface area contributed by atoms with Crippen LogP contribution < -0.4 is 10.6 Å². The predicted octanol–water partition coefficient (Wildman–Crippen LogP) is 3.00. The van der Waals surface area contributed by atoms with Gasteiger partial charge in [0.2, 0.25) is 0 Å². The first-order chi connectivity index (χ1) is 16.5. The van der Waals surface area contributed by atoms with Crippen molar-refractivity contribution in [1.29, 1.82) is 0 Å². The van der Waals surface area contributed by atoms with E-state index in [2.05, 4.69) is 25.7 Å². The molecule has 2 aliphatic heterocycles. The third-order valence-electron chi connectivity index (χ3n) is 5.81. The van der Waals surface area contributed by atoms with Gasteiger partial charge in [0.05, 0.1) is 24.8 Å². The lowest BCUT2D eigenvalue weighted by atomic mass is 10.1. The predicted molar refractivity (Wildman–Crippen MR) is 126 cm³/mol. The number of ether oxygens (including phenoxy) is 1. The number of hydrogen-bond acceptors (Lipinski definition) is 7. The summed E-state index contributed by atoms with van der Waals surface area (Å²) in [6.07, 6.45) is 3.55. The van der Waals surface area contributed by atoms with Crippen LogP contribution in [0.25, 0.3) is 5.69 Å². The lowest BCUT2D eigenvalue weighted by Gasteiger charge is -2.26. The number of thioether (sulfide) groups is 1. The second-order valence-corrected chi connectivity index (χ2v) is 9.21. The number of piperidine rings is 1. The molecule has 1 saturated heterocycles. The second kappa shape index (κ2) is 11.0. The lowest BCUT2D eigenvalue weighted by Crippen LogP contribution is -2.49. The largest absolute Gasteiger partial charge is 0.463 e. The highest BCUT2D eigenvalue weighted by molar-refractivity contribution is 7.99. The third-order valence-corrected chi connectivity index (χ3v) is 6.77. The lowest BCUT2D eigenvalue weighted by molar-refractivity contribution is -0.138. The second-order valence-electron chi connectivity index (χ2n) is 8.27. The molecule has 2 amide bonds. The maximum absolute atomic E-state index is 13.6. The van der Waals surface area contributed by atoms with Gasteiger partial charge in [-0.15, -0.1) is 10.2 Å². The van der Waals surface area contributed by atoms with Crippen LogP contribution in [0.2, 0.25) is 0 Å². The molecule has 1 aromatic heterocycles. The fourth-order valence-electron chi connectivity index (χ4n) is 4.19. The number of aromatic nitrogens is 3. The molecular formula is C23H29FN6O3S. The number of rotatable bonds is 8. The van der Waals surface area contributed by atoms with E-state index in [9.17, 15) is 14.0 Å². The molecule has 2 N–H and O–H groups in total. The number of likely N-dealkylation sites (tertiary alicyclic amines) is 1. The highest BCUT2D eigenvalue weighted by atomic mass is 32.2. The maximum atomic E-state index is 13.6. The van der Waals surface area contributed by atoms with Gasteiger partial charge in [0.15, 0.2) is 11.0 Å². The highest BCUT2D eigenvalue weighted by Crippen LogP contribution is 2.27. The van der Waals surface area contributed by atoms with Crippen LogP contribution >= 0.6 is 11.8 Å². The average Bonchev–Trinajstić information content (AvgIpc) is 3.21. The van der Waals surface area contributed by atoms with E-state index in [-0.39, 0.29) is 24.2 Å².